The zero-order chi connectivity index (χ0) is 12.3. The van der Waals surface area contributed by atoms with E-state index in [2.05, 4.69) is 25.6 Å². The maximum atomic E-state index is 4.40. The molecule has 0 aliphatic rings. The Morgan fingerprint density at radius 3 is 2.65 bits per heavy atom. The Morgan fingerprint density at radius 2 is 2.00 bits per heavy atom. The standard InChI is InChI=1S/C11H15N5S/c1-7-10(12-3)15-8(2)16-11(7)14-6-9-13-4-5-17-9/h4-5H,6H2,1-3H3,(H2,12,14,15,16). The average molecular weight is 249 g/mol. The largest absolute Gasteiger partial charge is 0.373 e. The summed E-state index contributed by atoms with van der Waals surface area (Å²) in [6.45, 7) is 4.57. The minimum Gasteiger partial charge on any atom is -0.373 e. The molecule has 0 saturated carbocycles. The van der Waals surface area contributed by atoms with E-state index < -0.39 is 0 Å². The van der Waals surface area contributed by atoms with Crippen LogP contribution in [0, 0.1) is 13.8 Å². The molecule has 0 bridgehead atoms. The lowest BCUT2D eigenvalue weighted by atomic mass is 10.3. The number of nitrogens with zero attached hydrogens (tertiary/aromatic N) is 3. The summed E-state index contributed by atoms with van der Waals surface area (Å²) in [6.07, 6.45) is 1.80. The number of aryl methyl sites for hydroxylation is 1. The van der Waals surface area contributed by atoms with E-state index in [9.17, 15) is 0 Å². The van der Waals surface area contributed by atoms with Crippen molar-refractivity contribution in [1.29, 1.82) is 0 Å². The Bertz CT molecular complexity index is 495. The van der Waals surface area contributed by atoms with Gasteiger partial charge in [-0.1, -0.05) is 0 Å². The van der Waals surface area contributed by atoms with Gasteiger partial charge in [-0.3, -0.25) is 0 Å². The molecule has 0 atom stereocenters. The molecule has 0 aliphatic carbocycles. The van der Waals surface area contributed by atoms with E-state index in [-0.39, 0.29) is 0 Å². The van der Waals surface area contributed by atoms with Crippen molar-refractivity contribution in [3.05, 3.63) is 28.0 Å². The van der Waals surface area contributed by atoms with Crippen molar-refractivity contribution in [2.45, 2.75) is 20.4 Å². The zero-order valence-electron chi connectivity index (χ0n) is 10.1. The van der Waals surface area contributed by atoms with Crippen molar-refractivity contribution >= 4 is 23.0 Å². The molecule has 90 valence electrons. The molecule has 2 N–H and O–H groups in total. The summed E-state index contributed by atoms with van der Waals surface area (Å²) >= 11 is 1.63. The molecule has 2 heterocycles. The molecule has 0 amide bonds. The zero-order valence-corrected chi connectivity index (χ0v) is 10.9. The Hall–Kier alpha value is -1.69. The molecule has 2 rings (SSSR count). The van der Waals surface area contributed by atoms with Gasteiger partial charge in [-0.15, -0.1) is 11.3 Å². The van der Waals surface area contributed by atoms with Crippen LogP contribution in [0.3, 0.4) is 0 Å². The van der Waals surface area contributed by atoms with Gasteiger partial charge >= 0.3 is 0 Å². The van der Waals surface area contributed by atoms with Crippen LogP contribution in [-0.2, 0) is 6.54 Å². The van der Waals surface area contributed by atoms with Crippen LogP contribution in [0.2, 0.25) is 0 Å². The van der Waals surface area contributed by atoms with Crippen molar-refractivity contribution in [1.82, 2.24) is 15.0 Å². The summed E-state index contributed by atoms with van der Waals surface area (Å²) < 4.78 is 0. The first-order valence-electron chi connectivity index (χ1n) is 5.36. The lowest BCUT2D eigenvalue weighted by Gasteiger charge is -2.11. The van der Waals surface area contributed by atoms with E-state index in [1.807, 2.05) is 26.3 Å². The molecule has 6 heteroatoms. The topological polar surface area (TPSA) is 62.7 Å². The molecule has 0 saturated heterocycles. The molecule has 17 heavy (non-hydrogen) atoms. The van der Waals surface area contributed by atoms with Crippen molar-refractivity contribution in [2.75, 3.05) is 17.7 Å². The summed E-state index contributed by atoms with van der Waals surface area (Å²) in [5.74, 6) is 2.47. The Morgan fingerprint density at radius 1 is 1.24 bits per heavy atom. The number of hydrogen-bond donors (Lipinski definition) is 2. The van der Waals surface area contributed by atoms with E-state index in [0.29, 0.717) is 6.54 Å². The van der Waals surface area contributed by atoms with Gasteiger partial charge in [0.15, 0.2) is 0 Å². The number of hydrogen-bond acceptors (Lipinski definition) is 6. The highest BCUT2D eigenvalue weighted by Crippen LogP contribution is 2.20. The molecule has 0 fully saturated rings. The van der Waals surface area contributed by atoms with Gasteiger partial charge in [0.2, 0.25) is 0 Å². The minimum atomic E-state index is 0.693. The number of aromatic nitrogens is 3. The second-order valence-corrected chi connectivity index (χ2v) is 4.60. The molecule has 0 unspecified atom stereocenters. The van der Waals surface area contributed by atoms with Crippen LogP contribution in [0.4, 0.5) is 11.6 Å². The third-order valence-corrected chi connectivity index (χ3v) is 3.16. The summed E-state index contributed by atoms with van der Waals surface area (Å²) in [4.78, 5) is 12.9. The molecule has 0 spiro atoms. The van der Waals surface area contributed by atoms with Gasteiger partial charge in [0, 0.05) is 24.2 Å². The highest BCUT2D eigenvalue weighted by molar-refractivity contribution is 7.09. The third-order valence-electron chi connectivity index (χ3n) is 2.38. The predicted octanol–water partition coefficient (Wildman–Crippen LogP) is 2.20. The van der Waals surface area contributed by atoms with Crippen LogP contribution in [-0.4, -0.2) is 22.0 Å². The van der Waals surface area contributed by atoms with E-state index in [1.165, 1.54) is 0 Å². The lowest BCUT2D eigenvalue weighted by molar-refractivity contribution is 0.998. The molecule has 0 radical (unpaired) electrons. The molecule has 2 aromatic rings. The summed E-state index contributed by atoms with van der Waals surface area (Å²) in [6, 6.07) is 0. The maximum Gasteiger partial charge on any atom is 0.135 e. The monoisotopic (exact) mass is 249 g/mol. The number of rotatable bonds is 4. The van der Waals surface area contributed by atoms with Gasteiger partial charge in [-0.25, -0.2) is 15.0 Å². The maximum absolute atomic E-state index is 4.40. The molecule has 5 nitrogen and oxygen atoms in total. The first kappa shape index (κ1) is 11.8. The minimum absolute atomic E-state index is 0.693. The van der Waals surface area contributed by atoms with Crippen LogP contribution in [0.5, 0.6) is 0 Å². The smallest absolute Gasteiger partial charge is 0.135 e. The highest BCUT2D eigenvalue weighted by atomic mass is 32.1. The van der Waals surface area contributed by atoms with Crippen molar-refractivity contribution < 1.29 is 0 Å². The fourth-order valence-electron chi connectivity index (χ4n) is 1.54. The molecule has 2 aromatic heterocycles. The first-order chi connectivity index (χ1) is 8.20. The van der Waals surface area contributed by atoms with Crippen molar-refractivity contribution in [3.63, 3.8) is 0 Å². The van der Waals surface area contributed by atoms with Gasteiger partial charge in [-0.05, 0) is 13.8 Å². The Balaban J connectivity index is 2.17. The van der Waals surface area contributed by atoms with Gasteiger partial charge in [-0.2, -0.15) is 0 Å². The van der Waals surface area contributed by atoms with Gasteiger partial charge in [0.1, 0.15) is 22.5 Å². The first-order valence-corrected chi connectivity index (χ1v) is 6.24. The second kappa shape index (κ2) is 5.09. The predicted molar refractivity (Wildman–Crippen MR) is 70.5 cm³/mol. The molecular weight excluding hydrogens is 234 g/mol. The van der Waals surface area contributed by atoms with Gasteiger partial charge < -0.3 is 10.6 Å². The molecular formula is C11H15N5S. The lowest BCUT2D eigenvalue weighted by Crippen LogP contribution is -2.08. The van der Waals surface area contributed by atoms with Crippen molar-refractivity contribution in [2.24, 2.45) is 0 Å². The van der Waals surface area contributed by atoms with E-state index in [4.69, 9.17) is 0 Å². The van der Waals surface area contributed by atoms with E-state index in [0.717, 1.165) is 28.0 Å². The van der Waals surface area contributed by atoms with E-state index in [1.54, 1.807) is 17.5 Å². The SMILES string of the molecule is CNc1nc(C)nc(NCc2nccs2)c1C. The fraction of sp³-hybridized carbons (Fsp3) is 0.364. The van der Waals surface area contributed by atoms with Crippen molar-refractivity contribution in [3.8, 4) is 0 Å². The fourth-order valence-corrected chi connectivity index (χ4v) is 2.10. The van der Waals surface area contributed by atoms with Crippen LogP contribution >= 0.6 is 11.3 Å². The summed E-state index contributed by atoms with van der Waals surface area (Å²) in [5.41, 5.74) is 1.02. The van der Waals surface area contributed by atoms with Crippen LogP contribution in [0.1, 0.15) is 16.4 Å². The average Bonchev–Trinajstić information content (AvgIpc) is 2.82. The second-order valence-electron chi connectivity index (χ2n) is 3.62. The summed E-state index contributed by atoms with van der Waals surface area (Å²) in [5, 5.41) is 9.37. The van der Waals surface area contributed by atoms with Crippen LogP contribution in [0.15, 0.2) is 11.6 Å². The van der Waals surface area contributed by atoms with Crippen LogP contribution < -0.4 is 10.6 Å². The Kier molecular flexibility index (Phi) is 3.53. The quantitative estimate of drug-likeness (QED) is 0.869. The Labute approximate surface area is 104 Å². The van der Waals surface area contributed by atoms with Gasteiger partial charge in [0.05, 0.1) is 6.54 Å². The molecule has 0 aliphatic heterocycles. The highest BCUT2D eigenvalue weighted by Gasteiger charge is 2.07. The number of nitrogens with one attached hydrogen (secondary N) is 2. The number of thiazole rings is 1. The molecule has 0 aromatic carbocycles. The summed E-state index contributed by atoms with van der Waals surface area (Å²) in [7, 11) is 1.86. The van der Waals surface area contributed by atoms with Crippen LogP contribution in [0.25, 0.3) is 0 Å². The number of anilines is 2. The van der Waals surface area contributed by atoms with E-state index >= 15 is 0 Å². The normalized spacial score (nSPS) is 10.3. The third kappa shape index (κ3) is 2.71. The van der Waals surface area contributed by atoms with Gasteiger partial charge in [0.25, 0.3) is 0 Å².